The first-order valence-corrected chi connectivity index (χ1v) is 10.7. The van der Waals surface area contributed by atoms with Gasteiger partial charge in [0.2, 0.25) is 0 Å². The van der Waals surface area contributed by atoms with Crippen LogP contribution in [-0.2, 0) is 0 Å². The Labute approximate surface area is 168 Å². The van der Waals surface area contributed by atoms with Gasteiger partial charge in [0.1, 0.15) is 0 Å². The van der Waals surface area contributed by atoms with E-state index in [1.54, 1.807) is 0 Å². The monoisotopic (exact) mass is 367 g/mol. The Morgan fingerprint density at radius 2 is 1.29 bits per heavy atom. The maximum Gasteiger partial charge on any atom is 0.0541 e. The van der Waals surface area contributed by atoms with Gasteiger partial charge >= 0.3 is 0 Å². The van der Waals surface area contributed by atoms with Crippen LogP contribution >= 0.6 is 0 Å². The van der Waals surface area contributed by atoms with E-state index in [1.807, 2.05) is 0 Å². The SMILES string of the molecule is Cc1cc(C)cc(-n2c3ccc(C)cc3c3cc(C4CCCCC4)ccc32)c1. The third-order valence-electron chi connectivity index (χ3n) is 6.49. The Bertz CT molecular complexity index is 1150. The molecule has 142 valence electrons. The highest BCUT2D eigenvalue weighted by atomic mass is 15.0. The molecule has 4 aromatic rings. The van der Waals surface area contributed by atoms with Crippen LogP contribution in [0, 0.1) is 20.8 Å². The molecule has 0 unspecified atom stereocenters. The van der Waals surface area contributed by atoms with E-state index in [1.165, 1.54) is 81.9 Å². The van der Waals surface area contributed by atoms with Gasteiger partial charge in [-0.3, -0.25) is 0 Å². The van der Waals surface area contributed by atoms with Crippen molar-refractivity contribution in [3.63, 3.8) is 0 Å². The predicted molar refractivity (Wildman–Crippen MR) is 121 cm³/mol. The zero-order chi connectivity index (χ0) is 19.3. The van der Waals surface area contributed by atoms with Crippen LogP contribution in [0.3, 0.4) is 0 Å². The summed E-state index contributed by atoms with van der Waals surface area (Å²) in [6.45, 7) is 6.58. The van der Waals surface area contributed by atoms with E-state index in [2.05, 4.69) is 79.9 Å². The van der Waals surface area contributed by atoms with Crippen LogP contribution < -0.4 is 0 Å². The average Bonchev–Trinajstić information content (AvgIpc) is 3.01. The molecule has 0 N–H and O–H groups in total. The quantitative estimate of drug-likeness (QED) is 0.341. The fraction of sp³-hybridized carbons (Fsp3) is 0.333. The van der Waals surface area contributed by atoms with Crippen LogP contribution in [0.25, 0.3) is 27.5 Å². The van der Waals surface area contributed by atoms with Crippen LogP contribution in [0.1, 0.15) is 60.3 Å². The standard InChI is InChI=1S/C27H29N/c1-18-9-11-26-24(16-18)25-17-22(21-7-5-4-6-8-21)10-12-27(25)28(26)23-14-19(2)13-20(3)15-23/h9-17,21H,4-8H2,1-3H3. The lowest BCUT2D eigenvalue weighted by molar-refractivity contribution is 0.444. The first kappa shape index (κ1) is 17.6. The molecule has 5 rings (SSSR count). The first-order chi connectivity index (χ1) is 13.6. The first-order valence-electron chi connectivity index (χ1n) is 10.7. The van der Waals surface area contributed by atoms with Crippen molar-refractivity contribution in [1.82, 2.24) is 4.57 Å². The summed E-state index contributed by atoms with van der Waals surface area (Å²) in [5, 5.41) is 2.78. The maximum absolute atomic E-state index is 2.49. The van der Waals surface area contributed by atoms with Gasteiger partial charge in [-0.2, -0.15) is 0 Å². The van der Waals surface area contributed by atoms with Crippen LogP contribution in [0.5, 0.6) is 0 Å². The molecule has 1 saturated carbocycles. The summed E-state index contributed by atoms with van der Waals surface area (Å²) in [5.74, 6) is 0.738. The number of nitrogens with zero attached hydrogens (tertiary/aromatic N) is 1. The highest BCUT2D eigenvalue weighted by Gasteiger charge is 2.18. The fourth-order valence-corrected chi connectivity index (χ4v) is 5.20. The van der Waals surface area contributed by atoms with Crippen molar-refractivity contribution in [2.24, 2.45) is 0 Å². The molecule has 0 spiro atoms. The molecule has 0 saturated heterocycles. The van der Waals surface area contributed by atoms with Crippen LogP contribution in [-0.4, -0.2) is 4.57 Å². The highest BCUT2D eigenvalue weighted by Crippen LogP contribution is 2.38. The lowest BCUT2D eigenvalue weighted by Gasteiger charge is -2.22. The fourth-order valence-electron chi connectivity index (χ4n) is 5.20. The van der Waals surface area contributed by atoms with Crippen molar-refractivity contribution in [3.8, 4) is 5.69 Å². The van der Waals surface area contributed by atoms with Gasteiger partial charge in [-0.1, -0.05) is 43.0 Å². The minimum absolute atomic E-state index is 0.738. The van der Waals surface area contributed by atoms with E-state index in [9.17, 15) is 0 Å². The van der Waals surface area contributed by atoms with Gasteiger partial charge in [0.15, 0.2) is 0 Å². The summed E-state index contributed by atoms with van der Waals surface area (Å²) in [7, 11) is 0. The molecule has 0 aliphatic heterocycles. The summed E-state index contributed by atoms with van der Waals surface area (Å²) < 4.78 is 2.45. The zero-order valence-corrected chi connectivity index (χ0v) is 17.3. The molecular weight excluding hydrogens is 338 g/mol. The normalized spacial score (nSPS) is 15.5. The van der Waals surface area contributed by atoms with E-state index >= 15 is 0 Å². The molecule has 1 aromatic heterocycles. The van der Waals surface area contributed by atoms with Crippen LogP contribution in [0.2, 0.25) is 0 Å². The summed E-state index contributed by atoms with van der Waals surface area (Å²) in [6.07, 6.45) is 6.86. The average molecular weight is 368 g/mol. The highest BCUT2D eigenvalue weighted by molar-refractivity contribution is 6.09. The lowest BCUT2D eigenvalue weighted by atomic mass is 9.84. The van der Waals surface area contributed by atoms with Crippen molar-refractivity contribution >= 4 is 21.8 Å². The van der Waals surface area contributed by atoms with E-state index in [0.717, 1.165) is 5.92 Å². The van der Waals surface area contributed by atoms with E-state index < -0.39 is 0 Å². The number of hydrogen-bond donors (Lipinski definition) is 0. The summed E-state index contributed by atoms with van der Waals surface area (Å²) in [6, 6.07) is 21.0. The molecule has 28 heavy (non-hydrogen) atoms. The lowest BCUT2D eigenvalue weighted by Crippen LogP contribution is -2.04. The second-order valence-corrected chi connectivity index (χ2v) is 8.81. The molecule has 0 radical (unpaired) electrons. The number of fused-ring (bicyclic) bond motifs is 3. The van der Waals surface area contributed by atoms with Crippen molar-refractivity contribution in [3.05, 3.63) is 76.9 Å². The molecule has 1 aliphatic rings. The molecule has 0 atom stereocenters. The summed E-state index contributed by atoms with van der Waals surface area (Å²) in [5.41, 5.74) is 9.40. The van der Waals surface area contributed by atoms with Crippen molar-refractivity contribution < 1.29 is 0 Å². The van der Waals surface area contributed by atoms with Crippen molar-refractivity contribution in [2.45, 2.75) is 58.8 Å². The van der Waals surface area contributed by atoms with Gasteiger partial charge in [0, 0.05) is 16.5 Å². The van der Waals surface area contributed by atoms with E-state index in [0.29, 0.717) is 0 Å². The zero-order valence-electron chi connectivity index (χ0n) is 17.3. The van der Waals surface area contributed by atoms with Crippen molar-refractivity contribution in [2.75, 3.05) is 0 Å². The largest absolute Gasteiger partial charge is 0.309 e. The molecule has 1 fully saturated rings. The number of benzene rings is 3. The summed E-state index contributed by atoms with van der Waals surface area (Å²) in [4.78, 5) is 0. The number of aryl methyl sites for hydroxylation is 3. The third-order valence-corrected chi connectivity index (χ3v) is 6.49. The van der Waals surface area contributed by atoms with Gasteiger partial charge in [0.25, 0.3) is 0 Å². The minimum Gasteiger partial charge on any atom is -0.309 e. The molecule has 3 aromatic carbocycles. The third kappa shape index (κ3) is 2.94. The van der Waals surface area contributed by atoms with Crippen molar-refractivity contribution in [1.29, 1.82) is 0 Å². The minimum atomic E-state index is 0.738. The molecule has 1 nitrogen and oxygen atoms in total. The smallest absolute Gasteiger partial charge is 0.0541 e. The number of hydrogen-bond acceptors (Lipinski definition) is 0. The number of aromatic nitrogens is 1. The maximum atomic E-state index is 2.49. The van der Waals surface area contributed by atoms with Gasteiger partial charge in [-0.15, -0.1) is 0 Å². The Morgan fingerprint density at radius 3 is 2.00 bits per heavy atom. The molecule has 1 heteroatoms. The molecule has 0 bridgehead atoms. The van der Waals surface area contributed by atoms with Crippen LogP contribution in [0.4, 0.5) is 0 Å². The van der Waals surface area contributed by atoms with Gasteiger partial charge in [-0.25, -0.2) is 0 Å². The number of rotatable bonds is 2. The predicted octanol–water partition coefficient (Wildman–Crippen LogP) is 7.76. The van der Waals surface area contributed by atoms with Crippen LogP contribution in [0.15, 0.2) is 54.6 Å². The second-order valence-electron chi connectivity index (χ2n) is 8.81. The topological polar surface area (TPSA) is 4.93 Å². The molecule has 1 aliphatic carbocycles. The van der Waals surface area contributed by atoms with Gasteiger partial charge in [0.05, 0.1) is 11.0 Å². The summed E-state index contributed by atoms with van der Waals surface area (Å²) >= 11 is 0. The van der Waals surface area contributed by atoms with Gasteiger partial charge in [-0.05, 0) is 92.6 Å². The second kappa shape index (κ2) is 6.81. The molecule has 1 heterocycles. The molecular formula is C27H29N. The Balaban J connectivity index is 1.79. The Morgan fingerprint density at radius 1 is 0.643 bits per heavy atom. The Hall–Kier alpha value is -2.54. The molecule has 0 amide bonds. The Kier molecular flexibility index (Phi) is 4.27. The van der Waals surface area contributed by atoms with E-state index in [-0.39, 0.29) is 0 Å². The van der Waals surface area contributed by atoms with Gasteiger partial charge < -0.3 is 4.57 Å². The van der Waals surface area contributed by atoms with E-state index in [4.69, 9.17) is 0 Å².